The SMILES string of the molecule is Cc1ccccc1-c1ccc(SCCN)cc1. The lowest BCUT2D eigenvalue weighted by Gasteiger charge is -2.06. The normalized spacial score (nSPS) is 10.5. The summed E-state index contributed by atoms with van der Waals surface area (Å²) in [5.41, 5.74) is 9.40. The molecule has 0 heterocycles. The first-order valence-corrected chi connectivity index (χ1v) is 6.79. The van der Waals surface area contributed by atoms with Gasteiger partial charge in [0.15, 0.2) is 0 Å². The standard InChI is InChI=1S/C15H17NS/c1-12-4-2-3-5-15(12)13-6-8-14(9-7-13)17-11-10-16/h2-9H,10-11,16H2,1H3. The van der Waals surface area contributed by atoms with Gasteiger partial charge in [-0.05, 0) is 35.7 Å². The summed E-state index contributed by atoms with van der Waals surface area (Å²) in [7, 11) is 0. The third-order valence-corrected chi connectivity index (χ3v) is 3.74. The summed E-state index contributed by atoms with van der Waals surface area (Å²) >= 11 is 1.80. The van der Waals surface area contributed by atoms with E-state index in [1.165, 1.54) is 21.6 Å². The minimum absolute atomic E-state index is 0.726. The van der Waals surface area contributed by atoms with Gasteiger partial charge in [-0.25, -0.2) is 0 Å². The number of aryl methyl sites for hydroxylation is 1. The second kappa shape index (κ2) is 5.89. The van der Waals surface area contributed by atoms with Crippen molar-refractivity contribution in [3.63, 3.8) is 0 Å². The van der Waals surface area contributed by atoms with Crippen LogP contribution in [0.1, 0.15) is 5.56 Å². The summed E-state index contributed by atoms with van der Waals surface area (Å²) in [6.45, 7) is 2.87. The molecule has 0 unspecified atom stereocenters. The molecule has 0 aromatic heterocycles. The number of hydrogen-bond donors (Lipinski definition) is 1. The molecule has 1 nitrogen and oxygen atoms in total. The van der Waals surface area contributed by atoms with Crippen LogP contribution >= 0.6 is 11.8 Å². The largest absolute Gasteiger partial charge is 0.330 e. The van der Waals surface area contributed by atoms with Gasteiger partial charge in [-0.2, -0.15) is 0 Å². The molecule has 0 radical (unpaired) electrons. The van der Waals surface area contributed by atoms with Crippen molar-refractivity contribution in [2.75, 3.05) is 12.3 Å². The Hall–Kier alpha value is -1.25. The number of hydrogen-bond acceptors (Lipinski definition) is 2. The molecule has 0 atom stereocenters. The molecule has 0 aliphatic carbocycles. The third-order valence-electron chi connectivity index (χ3n) is 2.70. The minimum atomic E-state index is 0.726. The lowest BCUT2D eigenvalue weighted by Crippen LogP contribution is -2.00. The second-order valence-corrected chi connectivity index (χ2v) is 5.14. The van der Waals surface area contributed by atoms with Crippen molar-refractivity contribution in [2.45, 2.75) is 11.8 Å². The zero-order valence-corrected chi connectivity index (χ0v) is 10.8. The monoisotopic (exact) mass is 243 g/mol. The lowest BCUT2D eigenvalue weighted by molar-refractivity contribution is 1.15. The van der Waals surface area contributed by atoms with Crippen LogP contribution in [0.2, 0.25) is 0 Å². The van der Waals surface area contributed by atoms with Gasteiger partial charge in [-0.15, -0.1) is 11.8 Å². The zero-order chi connectivity index (χ0) is 12.1. The smallest absolute Gasteiger partial charge is 0.0103 e. The van der Waals surface area contributed by atoms with Crippen LogP contribution in [-0.2, 0) is 0 Å². The van der Waals surface area contributed by atoms with E-state index in [2.05, 4.69) is 55.5 Å². The van der Waals surface area contributed by atoms with Crippen molar-refractivity contribution in [3.05, 3.63) is 54.1 Å². The van der Waals surface area contributed by atoms with Gasteiger partial charge in [0.1, 0.15) is 0 Å². The first-order valence-electron chi connectivity index (χ1n) is 5.80. The first kappa shape index (κ1) is 12.2. The average molecular weight is 243 g/mol. The topological polar surface area (TPSA) is 26.0 Å². The van der Waals surface area contributed by atoms with Gasteiger partial charge in [0.25, 0.3) is 0 Å². The van der Waals surface area contributed by atoms with E-state index in [1.807, 2.05) is 0 Å². The molecule has 0 amide bonds. The highest BCUT2D eigenvalue weighted by atomic mass is 32.2. The Morgan fingerprint density at radius 2 is 1.71 bits per heavy atom. The van der Waals surface area contributed by atoms with E-state index in [4.69, 9.17) is 5.73 Å². The van der Waals surface area contributed by atoms with Crippen molar-refractivity contribution in [2.24, 2.45) is 5.73 Å². The van der Waals surface area contributed by atoms with Crippen LogP contribution in [0.3, 0.4) is 0 Å². The molecular weight excluding hydrogens is 226 g/mol. The number of thioether (sulfide) groups is 1. The second-order valence-electron chi connectivity index (χ2n) is 3.98. The first-order chi connectivity index (χ1) is 8.31. The van der Waals surface area contributed by atoms with Gasteiger partial charge in [-0.1, -0.05) is 36.4 Å². The maximum atomic E-state index is 5.50. The Morgan fingerprint density at radius 3 is 2.35 bits per heavy atom. The van der Waals surface area contributed by atoms with Crippen molar-refractivity contribution in [3.8, 4) is 11.1 Å². The molecular formula is C15H17NS. The molecule has 0 saturated carbocycles. The van der Waals surface area contributed by atoms with Gasteiger partial charge in [-0.3, -0.25) is 0 Å². The summed E-state index contributed by atoms with van der Waals surface area (Å²) in [5, 5.41) is 0. The molecule has 0 saturated heterocycles. The Bertz CT molecular complexity index is 477. The van der Waals surface area contributed by atoms with Gasteiger partial charge in [0.05, 0.1) is 0 Å². The molecule has 2 N–H and O–H groups in total. The molecule has 2 aromatic carbocycles. The minimum Gasteiger partial charge on any atom is -0.330 e. The summed E-state index contributed by atoms with van der Waals surface area (Å²) in [4.78, 5) is 1.28. The lowest BCUT2D eigenvalue weighted by atomic mass is 10.0. The van der Waals surface area contributed by atoms with Crippen molar-refractivity contribution >= 4 is 11.8 Å². The van der Waals surface area contributed by atoms with Crippen LogP contribution < -0.4 is 5.73 Å². The summed E-state index contributed by atoms with van der Waals surface area (Å²) < 4.78 is 0. The quantitative estimate of drug-likeness (QED) is 0.828. The van der Waals surface area contributed by atoms with Crippen LogP contribution in [-0.4, -0.2) is 12.3 Å². The van der Waals surface area contributed by atoms with Crippen LogP contribution in [0.25, 0.3) is 11.1 Å². The average Bonchev–Trinajstić information content (AvgIpc) is 2.38. The molecule has 0 aliphatic rings. The van der Waals surface area contributed by atoms with Crippen molar-refractivity contribution in [1.82, 2.24) is 0 Å². The predicted octanol–water partition coefficient (Wildman–Crippen LogP) is 3.71. The molecule has 0 bridgehead atoms. The van der Waals surface area contributed by atoms with E-state index in [0.29, 0.717) is 0 Å². The molecule has 17 heavy (non-hydrogen) atoms. The Kier molecular flexibility index (Phi) is 4.24. The molecule has 0 aliphatic heterocycles. The maximum Gasteiger partial charge on any atom is 0.0103 e. The number of rotatable bonds is 4. The molecule has 0 fully saturated rings. The van der Waals surface area contributed by atoms with E-state index >= 15 is 0 Å². The fourth-order valence-corrected chi connectivity index (χ4v) is 2.49. The van der Waals surface area contributed by atoms with Gasteiger partial charge in [0.2, 0.25) is 0 Å². The highest BCUT2D eigenvalue weighted by Crippen LogP contribution is 2.26. The van der Waals surface area contributed by atoms with Crippen molar-refractivity contribution in [1.29, 1.82) is 0 Å². The maximum absolute atomic E-state index is 5.50. The molecule has 0 spiro atoms. The van der Waals surface area contributed by atoms with Gasteiger partial charge >= 0.3 is 0 Å². The van der Waals surface area contributed by atoms with E-state index in [9.17, 15) is 0 Å². The van der Waals surface area contributed by atoms with E-state index in [1.54, 1.807) is 11.8 Å². The molecule has 2 heteroatoms. The Balaban J connectivity index is 2.21. The van der Waals surface area contributed by atoms with E-state index in [0.717, 1.165) is 12.3 Å². The summed E-state index contributed by atoms with van der Waals surface area (Å²) in [6, 6.07) is 17.2. The number of benzene rings is 2. The van der Waals surface area contributed by atoms with Crippen LogP contribution in [0.4, 0.5) is 0 Å². The van der Waals surface area contributed by atoms with Crippen LogP contribution in [0.5, 0.6) is 0 Å². The highest BCUT2D eigenvalue weighted by Gasteiger charge is 2.00. The number of nitrogens with two attached hydrogens (primary N) is 1. The third kappa shape index (κ3) is 3.11. The van der Waals surface area contributed by atoms with Crippen LogP contribution in [0, 0.1) is 6.92 Å². The Morgan fingerprint density at radius 1 is 1.00 bits per heavy atom. The fourth-order valence-electron chi connectivity index (χ4n) is 1.80. The van der Waals surface area contributed by atoms with Crippen LogP contribution in [0.15, 0.2) is 53.4 Å². The van der Waals surface area contributed by atoms with Gasteiger partial charge < -0.3 is 5.73 Å². The van der Waals surface area contributed by atoms with Gasteiger partial charge in [0, 0.05) is 17.2 Å². The van der Waals surface area contributed by atoms with Crippen molar-refractivity contribution < 1.29 is 0 Å². The molecule has 88 valence electrons. The highest BCUT2D eigenvalue weighted by molar-refractivity contribution is 7.99. The van der Waals surface area contributed by atoms with E-state index < -0.39 is 0 Å². The summed E-state index contributed by atoms with van der Waals surface area (Å²) in [6.07, 6.45) is 0. The van der Waals surface area contributed by atoms with E-state index in [-0.39, 0.29) is 0 Å². The predicted molar refractivity (Wildman–Crippen MR) is 76.4 cm³/mol. The zero-order valence-electron chi connectivity index (χ0n) is 10.0. The molecule has 2 rings (SSSR count). The fraction of sp³-hybridized carbons (Fsp3) is 0.200. The summed E-state index contributed by atoms with van der Waals surface area (Å²) in [5.74, 6) is 0.976. The Labute approximate surface area is 107 Å². The molecule has 2 aromatic rings.